The maximum atomic E-state index is 11.2. The Labute approximate surface area is 112 Å². The lowest BCUT2D eigenvalue weighted by Crippen LogP contribution is -2.49. The molecule has 0 bridgehead atoms. The summed E-state index contributed by atoms with van der Waals surface area (Å²) in [4.78, 5) is 11.2. The number of hydrogen-bond acceptors (Lipinski definition) is 4. The van der Waals surface area contributed by atoms with Gasteiger partial charge in [0.1, 0.15) is 0 Å². The van der Waals surface area contributed by atoms with Crippen LogP contribution in [0.25, 0.3) is 0 Å². The van der Waals surface area contributed by atoms with Crippen molar-refractivity contribution in [2.75, 3.05) is 19.8 Å². The molecular formula is C14H19NO4. The molecule has 104 valence electrons. The molecule has 0 aromatic heterocycles. The molecule has 0 spiro atoms. The highest BCUT2D eigenvalue weighted by atomic mass is 16.7. The Balaban J connectivity index is 1.70. The first-order chi connectivity index (χ1) is 9.10. The molecule has 0 saturated carbocycles. The van der Waals surface area contributed by atoms with Gasteiger partial charge >= 0.3 is 0 Å². The molecule has 0 atom stereocenters. The molecule has 1 amide bonds. The van der Waals surface area contributed by atoms with Crippen molar-refractivity contribution in [3.05, 3.63) is 35.9 Å². The van der Waals surface area contributed by atoms with Gasteiger partial charge in [-0.15, -0.1) is 0 Å². The van der Waals surface area contributed by atoms with Gasteiger partial charge in [0.25, 0.3) is 0 Å². The van der Waals surface area contributed by atoms with Gasteiger partial charge in [0.15, 0.2) is 6.29 Å². The quantitative estimate of drug-likeness (QED) is 0.864. The van der Waals surface area contributed by atoms with E-state index in [0.717, 1.165) is 5.56 Å². The van der Waals surface area contributed by atoms with Crippen LogP contribution in [0.5, 0.6) is 0 Å². The number of carbonyl (C=O) groups excluding carboxylic acids is 1. The second-order valence-electron chi connectivity index (χ2n) is 4.98. The molecule has 1 aromatic carbocycles. The van der Waals surface area contributed by atoms with Crippen LogP contribution in [-0.4, -0.2) is 32.0 Å². The van der Waals surface area contributed by atoms with E-state index < -0.39 is 17.6 Å². The van der Waals surface area contributed by atoms with Crippen LogP contribution in [0.4, 0.5) is 0 Å². The van der Waals surface area contributed by atoms with Crippen LogP contribution in [-0.2, 0) is 25.6 Å². The standard InChI is InChI=1S/C14H19NO4/c1-14(13(15)16)9-18-12(19-10-14)8-17-7-11-5-3-2-4-6-11/h2-6,12H,7-10H2,1H3,(H2,15,16). The Hall–Kier alpha value is -1.43. The Morgan fingerprint density at radius 2 is 2.00 bits per heavy atom. The Morgan fingerprint density at radius 3 is 2.58 bits per heavy atom. The van der Waals surface area contributed by atoms with Crippen molar-refractivity contribution in [1.29, 1.82) is 0 Å². The molecule has 5 heteroatoms. The number of nitrogens with two attached hydrogens (primary N) is 1. The summed E-state index contributed by atoms with van der Waals surface area (Å²) in [6.07, 6.45) is -0.434. The second kappa shape index (κ2) is 6.14. The van der Waals surface area contributed by atoms with Crippen LogP contribution in [0.1, 0.15) is 12.5 Å². The number of rotatable bonds is 5. The molecule has 19 heavy (non-hydrogen) atoms. The summed E-state index contributed by atoms with van der Waals surface area (Å²) in [7, 11) is 0. The maximum absolute atomic E-state index is 11.2. The van der Waals surface area contributed by atoms with E-state index in [9.17, 15) is 4.79 Å². The lowest BCUT2D eigenvalue weighted by molar-refractivity contribution is -0.240. The summed E-state index contributed by atoms with van der Waals surface area (Å²) < 4.78 is 16.4. The van der Waals surface area contributed by atoms with Crippen molar-refractivity contribution in [3.8, 4) is 0 Å². The molecule has 5 nitrogen and oxygen atoms in total. The molecule has 2 rings (SSSR count). The Morgan fingerprint density at radius 1 is 1.37 bits per heavy atom. The maximum Gasteiger partial charge on any atom is 0.228 e. The largest absolute Gasteiger partial charge is 0.372 e. The summed E-state index contributed by atoms with van der Waals surface area (Å²) in [6, 6.07) is 9.87. The number of carbonyl (C=O) groups is 1. The van der Waals surface area contributed by atoms with Crippen molar-refractivity contribution >= 4 is 5.91 Å². The van der Waals surface area contributed by atoms with Gasteiger partial charge in [-0.25, -0.2) is 0 Å². The van der Waals surface area contributed by atoms with E-state index in [0.29, 0.717) is 13.2 Å². The van der Waals surface area contributed by atoms with E-state index >= 15 is 0 Å². The summed E-state index contributed by atoms with van der Waals surface area (Å²) >= 11 is 0. The van der Waals surface area contributed by atoms with Crippen molar-refractivity contribution in [2.45, 2.75) is 19.8 Å². The summed E-state index contributed by atoms with van der Waals surface area (Å²) in [5, 5.41) is 0. The summed E-state index contributed by atoms with van der Waals surface area (Å²) in [6.45, 7) is 3.11. The van der Waals surface area contributed by atoms with Gasteiger partial charge in [0.2, 0.25) is 5.91 Å². The molecule has 0 radical (unpaired) electrons. The van der Waals surface area contributed by atoms with Crippen molar-refractivity contribution in [1.82, 2.24) is 0 Å². The minimum absolute atomic E-state index is 0.266. The molecule has 0 unspecified atom stereocenters. The monoisotopic (exact) mass is 265 g/mol. The fourth-order valence-electron chi connectivity index (χ4n) is 1.73. The number of primary amides is 1. The van der Waals surface area contributed by atoms with Crippen LogP contribution < -0.4 is 5.73 Å². The van der Waals surface area contributed by atoms with E-state index in [1.807, 2.05) is 30.3 Å². The fraction of sp³-hybridized carbons (Fsp3) is 0.500. The van der Waals surface area contributed by atoms with Crippen LogP contribution in [0.2, 0.25) is 0 Å². The van der Waals surface area contributed by atoms with Crippen LogP contribution in [0, 0.1) is 5.41 Å². The van der Waals surface area contributed by atoms with E-state index in [2.05, 4.69) is 0 Å². The molecule has 0 aliphatic carbocycles. The summed E-state index contributed by atoms with van der Waals surface area (Å²) in [5.41, 5.74) is 5.65. The first-order valence-corrected chi connectivity index (χ1v) is 6.25. The van der Waals surface area contributed by atoms with Gasteiger partial charge in [0, 0.05) is 0 Å². The molecule has 1 fully saturated rings. The molecular weight excluding hydrogens is 246 g/mol. The molecule has 1 saturated heterocycles. The zero-order chi connectivity index (χ0) is 13.7. The van der Waals surface area contributed by atoms with Gasteiger partial charge < -0.3 is 19.9 Å². The minimum atomic E-state index is -0.740. The normalized spacial score (nSPS) is 27.1. The van der Waals surface area contributed by atoms with E-state index in [1.54, 1.807) is 6.92 Å². The smallest absolute Gasteiger partial charge is 0.228 e. The van der Waals surface area contributed by atoms with E-state index in [4.69, 9.17) is 19.9 Å². The summed E-state index contributed by atoms with van der Waals surface area (Å²) in [5.74, 6) is -0.406. The van der Waals surface area contributed by atoms with Gasteiger partial charge in [-0.1, -0.05) is 30.3 Å². The highest BCUT2D eigenvalue weighted by Gasteiger charge is 2.37. The van der Waals surface area contributed by atoms with Gasteiger partial charge in [-0.3, -0.25) is 4.79 Å². The average Bonchev–Trinajstić information content (AvgIpc) is 2.42. The molecule has 1 heterocycles. The third-order valence-corrected chi connectivity index (χ3v) is 3.14. The lowest BCUT2D eigenvalue weighted by Gasteiger charge is -2.34. The first-order valence-electron chi connectivity index (χ1n) is 6.25. The SMILES string of the molecule is CC1(C(N)=O)COC(COCc2ccccc2)OC1. The number of benzene rings is 1. The second-order valence-corrected chi connectivity index (χ2v) is 4.98. The lowest BCUT2D eigenvalue weighted by atomic mass is 9.91. The van der Waals surface area contributed by atoms with E-state index in [1.165, 1.54) is 0 Å². The Kier molecular flexibility index (Phi) is 4.52. The third-order valence-electron chi connectivity index (χ3n) is 3.14. The highest BCUT2D eigenvalue weighted by Crippen LogP contribution is 2.23. The molecule has 1 aliphatic rings. The number of amides is 1. The zero-order valence-electron chi connectivity index (χ0n) is 11.0. The number of hydrogen-bond donors (Lipinski definition) is 1. The van der Waals surface area contributed by atoms with Crippen molar-refractivity contribution in [3.63, 3.8) is 0 Å². The van der Waals surface area contributed by atoms with Crippen LogP contribution in [0.3, 0.4) is 0 Å². The van der Waals surface area contributed by atoms with Gasteiger partial charge in [0.05, 0.1) is 31.8 Å². The van der Waals surface area contributed by atoms with Crippen LogP contribution in [0.15, 0.2) is 30.3 Å². The predicted molar refractivity (Wildman–Crippen MR) is 69.1 cm³/mol. The predicted octanol–water partition coefficient (Wildman–Crippen LogP) is 1.07. The molecule has 1 aliphatic heterocycles. The van der Waals surface area contributed by atoms with Gasteiger partial charge in [-0.05, 0) is 12.5 Å². The zero-order valence-corrected chi connectivity index (χ0v) is 11.0. The topological polar surface area (TPSA) is 70.8 Å². The Bertz CT molecular complexity index is 413. The molecule has 1 aromatic rings. The third kappa shape index (κ3) is 3.76. The fourth-order valence-corrected chi connectivity index (χ4v) is 1.73. The minimum Gasteiger partial charge on any atom is -0.372 e. The van der Waals surface area contributed by atoms with Gasteiger partial charge in [-0.2, -0.15) is 0 Å². The van der Waals surface area contributed by atoms with Crippen LogP contribution >= 0.6 is 0 Å². The van der Waals surface area contributed by atoms with Crippen molar-refractivity contribution < 1.29 is 19.0 Å². The average molecular weight is 265 g/mol. The van der Waals surface area contributed by atoms with E-state index in [-0.39, 0.29) is 13.2 Å². The highest BCUT2D eigenvalue weighted by molar-refractivity contribution is 5.80. The number of ether oxygens (including phenoxy) is 3. The first kappa shape index (κ1) is 14.0. The molecule has 2 N–H and O–H groups in total. The van der Waals surface area contributed by atoms with Crippen molar-refractivity contribution in [2.24, 2.45) is 11.1 Å².